The van der Waals surface area contributed by atoms with Gasteiger partial charge in [0.05, 0.1) is 75.6 Å². The van der Waals surface area contributed by atoms with Crippen LogP contribution in [0.25, 0.3) is 39.0 Å². The molecule has 0 aliphatic carbocycles. The molecule has 0 saturated carbocycles. The number of anilines is 2. The third-order valence-corrected chi connectivity index (χ3v) is 9.56. The van der Waals surface area contributed by atoms with Crippen LogP contribution in [-0.4, -0.2) is 87.5 Å². The lowest BCUT2D eigenvalue weighted by atomic mass is 9.90. The first-order valence-electron chi connectivity index (χ1n) is 18.0. The Morgan fingerprint density at radius 3 is 1.66 bits per heavy atom. The fourth-order valence-electron chi connectivity index (χ4n) is 6.94. The van der Waals surface area contributed by atoms with E-state index >= 15 is 0 Å². The molecule has 0 atom stereocenters. The maximum atomic E-state index is 13.8. The molecule has 10 heteroatoms. The number of benzene rings is 5. The van der Waals surface area contributed by atoms with Crippen LogP contribution >= 0.6 is 0 Å². The molecule has 2 aliphatic rings. The van der Waals surface area contributed by atoms with Gasteiger partial charge in [-0.05, 0) is 60.0 Å². The summed E-state index contributed by atoms with van der Waals surface area (Å²) in [5.41, 5.74) is 6.96. The van der Waals surface area contributed by atoms with Gasteiger partial charge in [0.15, 0.2) is 0 Å². The Kier molecular flexibility index (Phi) is 10.4. The number of ether oxygens (including phenoxy) is 4. The van der Waals surface area contributed by atoms with E-state index in [1.165, 1.54) is 4.90 Å². The zero-order valence-corrected chi connectivity index (χ0v) is 29.4. The Hall–Kier alpha value is -5.65. The van der Waals surface area contributed by atoms with E-state index in [0.717, 1.165) is 39.3 Å². The van der Waals surface area contributed by atoms with Crippen LogP contribution in [0.5, 0.6) is 0 Å². The van der Waals surface area contributed by atoms with Crippen molar-refractivity contribution in [2.24, 2.45) is 0 Å². The van der Waals surface area contributed by atoms with Crippen molar-refractivity contribution in [2.75, 3.05) is 75.7 Å². The molecule has 268 valence electrons. The molecule has 5 aromatic carbocycles. The van der Waals surface area contributed by atoms with E-state index in [-0.39, 0.29) is 11.8 Å². The third kappa shape index (κ3) is 7.22. The van der Waals surface area contributed by atoms with E-state index in [4.69, 9.17) is 24.0 Å². The zero-order valence-electron chi connectivity index (χ0n) is 29.4. The highest BCUT2D eigenvalue weighted by Crippen LogP contribution is 2.39. The average molecular weight is 709 g/mol. The molecule has 1 aromatic heterocycles. The lowest BCUT2D eigenvalue weighted by Gasteiger charge is -2.27. The smallest absolute Gasteiger partial charge is 0.265 e. The Morgan fingerprint density at radius 2 is 1.04 bits per heavy atom. The van der Waals surface area contributed by atoms with E-state index in [0.29, 0.717) is 88.1 Å². The van der Waals surface area contributed by atoms with Crippen LogP contribution in [0.3, 0.4) is 0 Å². The molecule has 10 nitrogen and oxygen atoms in total. The summed E-state index contributed by atoms with van der Waals surface area (Å²) in [5, 5.41) is 6.59. The molecular weight excluding hydrogens is 668 g/mol. The molecule has 0 N–H and O–H groups in total. The number of hydrogen-bond acceptors (Lipinski definition) is 8. The largest absolute Gasteiger partial charge is 0.377 e. The summed E-state index contributed by atoms with van der Waals surface area (Å²) < 4.78 is 24.8. The van der Waals surface area contributed by atoms with E-state index in [1.807, 2.05) is 77.5 Å². The molecule has 0 radical (unpaired) electrons. The van der Waals surface area contributed by atoms with Gasteiger partial charge in [-0.15, -0.1) is 0 Å². The van der Waals surface area contributed by atoms with Crippen LogP contribution in [0.15, 0.2) is 121 Å². The number of para-hydroxylation sites is 2. The second-order valence-corrected chi connectivity index (χ2v) is 12.8. The van der Waals surface area contributed by atoms with Crippen molar-refractivity contribution in [2.45, 2.75) is 0 Å². The van der Waals surface area contributed by atoms with Gasteiger partial charge in [0.25, 0.3) is 11.8 Å². The number of rotatable bonds is 5. The molecule has 0 unspecified atom stereocenters. The van der Waals surface area contributed by atoms with Gasteiger partial charge in [0.2, 0.25) is 0 Å². The minimum Gasteiger partial charge on any atom is -0.377 e. The van der Waals surface area contributed by atoms with Crippen molar-refractivity contribution in [3.63, 3.8) is 0 Å². The molecule has 1 saturated heterocycles. The summed E-state index contributed by atoms with van der Waals surface area (Å²) in [4.78, 5) is 31.2. The highest BCUT2D eigenvalue weighted by molar-refractivity contribution is 6.36. The molecule has 2 aliphatic heterocycles. The van der Waals surface area contributed by atoms with E-state index in [9.17, 15) is 9.59 Å². The fourth-order valence-corrected chi connectivity index (χ4v) is 6.94. The van der Waals surface area contributed by atoms with Crippen molar-refractivity contribution in [3.05, 3.63) is 132 Å². The number of imide groups is 1. The van der Waals surface area contributed by atoms with Crippen molar-refractivity contribution < 1.29 is 28.5 Å². The lowest BCUT2D eigenvalue weighted by Crippen LogP contribution is -2.40. The molecule has 1 fully saturated rings. The van der Waals surface area contributed by atoms with Crippen molar-refractivity contribution in [1.29, 1.82) is 0 Å². The number of amides is 2. The minimum absolute atomic E-state index is 0.341. The number of carbonyl (C=O) groups excluding carboxylic acids is 2. The topological polar surface area (TPSA) is 95.4 Å². The standard InChI is InChI=1S/C43H40N4O6/c48-42-37-13-7-12-36-35(18-19-38(41(36)37)43(49)46(42)33-8-3-1-4-9-33)39-30-40(47(44-39)34-10-5-2-6-11-34)31-14-16-32(17-15-31)45-20-22-50-24-26-52-28-29-53-27-25-51-23-21-45/h1-19,30H,20-29H2. The first-order valence-corrected chi connectivity index (χ1v) is 18.0. The summed E-state index contributed by atoms with van der Waals surface area (Å²) in [6.45, 7) is 5.81. The van der Waals surface area contributed by atoms with Gasteiger partial charge in [-0.2, -0.15) is 5.10 Å². The minimum atomic E-state index is -0.341. The summed E-state index contributed by atoms with van der Waals surface area (Å²) in [7, 11) is 0. The van der Waals surface area contributed by atoms with Gasteiger partial charge < -0.3 is 23.8 Å². The summed E-state index contributed by atoms with van der Waals surface area (Å²) >= 11 is 0. The summed E-state index contributed by atoms with van der Waals surface area (Å²) in [6, 6.07) is 39.0. The maximum absolute atomic E-state index is 13.8. The summed E-state index contributed by atoms with van der Waals surface area (Å²) in [6.07, 6.45) is 0. The number of aromatic nitrogens is 2. The van der Waals surface area contributed by atoms with Crippen LogP contribution < -0.4 is 9.80 Å². The second-order valence-electron chi connectivity index (χ2n) is 12.8. The maximum Gasteiger partial charge on any atom is 0.265 e. The Balaban J connectivity index is 1.13. The first kappa shape index (κ1) is 34.4. The predicted molar refractivity (Wildman–Crippen MR) is 205 cm³/mol. The van der Waals surface area contributed by atoms with Gasteiger partial charge in [0, 0.05) is 46.4 Å². The fraction of sp³-hybridized carbons (Fsp3) is 0.233. The van der Waals surface area contributed by atoms with E-state index in [2.05, 4.69) is 35.2 Å². The van der Waals surface area contributed by atoms with Crippen molar-refractivity contribution >= 4 is 34.0 Å². The molecule has 2 amide bonds. The molecular formula is C43H40N4O6. The Labute approximate surface area is 308 Å². The van der Waals surface area contributed by atoms with Gasteiger partial charge in [-0.1, -0.05) is 66.7 Å². The highest BCUT2D eigenvalue weighted by Gasteiger charge is 2.34. The number of carbonyl (C=O) groups is 2. The van der Waals surface area contributed by atoms with Crippen LogP contribution in [0.1, 0.15) is 20.7 Å². The molecule has 0 spiro atoms. The van der Waals surface area contributed by atoms with Crippen molar-refractivity contribution in [3.8, 4) is 28.2 Å². The van der Waals surface area contributed by atoms with Gasteiger partial charge in [-0.3, -0.25) is 9.59 Å². The monoisotopic (exact) mass is 708 g/mol. The second kappa shape index (κ2) is 15.9. The van der Waals surface area contributed by atoms with Gasteiger partial charge in [0.1, 0.15) is 0 Å². The molecule has 8 rings (SSSR count). The van der Waals surface area contributed by atoms with Crippen LogP contribution in [0, 0.1) is 0 Å². The highest BCUT2D eigenvalue weighted by atomic mass is 16.6. The summed E-state index contributed by atoms with van der Waals surface area (Å²) in [5.74, 6) is -0.682. The molecule has 0 bridgehead atoms. The Morgan fingerprint density at radius 1 is 0.491 bits per heavy atom. The normalized spacial score (nSPS) is 16.4. The number of hydrogen-bond donors (Lipinski definition) is 0. The quantitative estimate of drug-likeness (QED) is 0.176. The Bertz CT molecular complexity index is 2170. The van der Waals surface area contributed by atoms with E-state index in [1.54, 1.807) is 18.2 Å². The van der Waals surface area contributed by atoms with Gasteiger partial charge in [-0.25, -0.2) is 9.58 Å². The molecule has 53 heavy (non-hydrogen) atoms. The van der Waals surface area contributed by atoms with Crippen LogP contribution in [0.4, 0.5) is 11.4 Å². The van der Waals surface area contributed by atoms with E-state index < -0.39 is 0 Å². The molecule has 3 heterocycles. The van der Waals surface area contributed by atoms with Crippen molar-refractivity contribution in [1.82, 2.24) is 9.78 Å². The SMILES string of the molecule is O=C1c2cccc3c(-c4cc(-c5ccc(N6CCOCCOCCOCCOCC6)cc5)n(-c5ccccc5)n4)ccc(c23)C(=O)N1c1ccccc1. The van der Waals surface area contributed by atoms with Crippen LogP contribution in [-0.2, 0) is 18.9 Å². The predicted octanol–water partition coefficient (Wildman–Crippen LogP) is 7.05. The van der Waals surface area contributed by atoms with Crippen LogP contribution in [0.2, 0.25) is 0 Å². The average Bonchev–Trinajstić information content (AvgIpc) is 3.64. The molecule has 6 aromatic rings. The third-order valence-electron chi connectivity index (χ3n) is 9.56. The lowest BCUT2D eigenvalue weighted by molar-refractivity contribution is 0.00206. The van der Waals surface area contributed by atoms with Gasteiger partial charge >= 0.3 is 0 Å². The first-order chi connectivity index (χ1) is 26.2. The number of nitrogens with zero attached hydrogens (tertiary/aromatic N) is 4. The zero-order chi connectivity index (χ0) is 36.0.